The summed E-state index contributed by atoms with van der Waals surface area (Å²) >= 11 is 0. The molecule has 2 rings (SSSR count). The van der Waals surface area contributed by atoms with Crippen molar-refractivity contribution in [1.29, 1.82) is 0 Å². The topological polar surface area (TPSA) is 87.1 Å². The number of carbonyl (C=O) groups is 2. The van der Waals surface area contributed by atoms with Gasteiger partial charge in [-0.3, -0.25) is 4.79 Å². The van der Waals surface area contributed by atoms with Gasteiger partial charge in [-0.25, -0.2) is 4.79 Å². The number of carboxylic acids is 1. The molecule has 2 aliphatic rings. The zero-order valence-corrected chi connectivity index (χ0v) is 11.5. The fourth-order valence-corrected chi connectivity index (χ4v) is 2.60. The van der Waals surface area contributed by atoms with Crippen LogP contribution in [0.15, 0.2) is 0 Å². The van der Waals surface area contributed by atoms with Crippen molar-refractivity contribution in [2.75, 3.05) is 13.2 Å². The quantitative estimate of drug-likeness (QED) is 0.757. The lowest BCUT2D eigenvalue weighted by Gasteiger charge is -2.28. The summed E-state index contributed by atoms with van der Waals surface area (Å²) in [5.74, 6) is -1.16. The van der Waals surface area contributed by atoms with E-state index >= 15 is 0 Å². The van der Waals surface area contributed by atoms with Crippen LogP contribution in [-0.2, 0) is 14.3 Å². The van der Waals surface area contributed by atoms with E-state index in [9.17, 15) is 14.7 Å². The highest BCUT2D eigenvalue weighted by molar-refractivity contribution is 5.87. The number of carbonyl (C=O) groups excluding carboxylic acids is 1. The van der Waals surface area contributed by atoms with Crippen molar-refractivity contribution in [3.05, 3.63) is 0 Å². The summed E-state index contributed by atoms with van der Waals surface area (Å²) in [6.45, 7) is 5.81. The normalized spacial score (nSPS) is 30.9. The number of amides is 1. The third-order valence-corrected chi connectivity index (χ3v) is 3.65. The van der Waals surface area contributed by atoms with Crippen LogP contribution in [0, 0.1) is 11.8 Å². The Labute approximate surface area is 112 Å². The first-order valence-electron chi connectivity index (χ1n) is 6.56. The lowest BCUT2D eigenvalue weighted by Crippen LogP contribution is -2.49. The van der Waals surface area contributed by atoms with E-state index in [2.05, 4.69) is 0 Å². The van der Waals surface area contributed by atoms with Gasteiger partial charge >= 0.3 is 5.97 Å². The number of piperidine rings is 1. The molecule has 1 saturated carbocycles. The lowest BCUT2D eigenvalue weighted by atomic mass is 10.1. The molecule has 2 fully saturated rings. The molecule has 0 aromatic rings. The van der Waals surface area contributed by atoms with Gasteiger partial charge < -0.3 is 19.8 Å². The van der Waals surface area contributed by atoms with Crippen LogP contribution >= 0.6 is 0 Å². The zero-order valence-electron chi connectivity index (χ0n) is 11.5. The third-order valence-electron chi connectivity index (χ3n) is 3.65. The van der Waals surface area contributed by atoms with E-state index in [0.717, 1.165) is 6.42 Å². The molecule has 1 amide bonds. The predicted octanol–water partition coefficient (Wildman–Crippen LogP) is 0.0939. The Hall–Kier alpha value is -1.14. The van der Waals surface area contributed by atoms with Crippen LogP contribution < -0.4 is 0 Å². The number of rotatable bonds is 4. The van der Waals surface area contributed by atoms with E-state index < -0.39 is 29.6 Å². The number of aliphatic carboxylic acids is 1. The number of likely N-dealkylation sites (tertiary alicyclic amines) is 1. The van der Waals surface area contributed by atoms with Crippen LogP contribution in [0.5, 0.6) is 0 Å². The maximum absolute atomic E-state index is 12.1. The Balaban J connectivity index is 1.94. The average Bonchev–Trinajstić information content (AvgIpc) is 2.94. The second-order valence-corrected chi connectivity index (χ2v) is 6.37. The van der Waals surface area contributed by atoms with E-state index in [4.69, 9.17) is 9.84 Å². The number of aliphatic hydroxyl groups is 1. The monoisotopic (exact) mass is 271 g/mol. The van der Waals surface area contributed by atoms with Crippen molar-refractivity contribution in [2.45, 2.75) is 44.9 Å². The maximum Gasteiger partial charge on any atom is 0.326 e. The van der Waals surface area contributed by atoms with Gasteiger partial charge in [-0.05, 0) is 39.0 Å². The van der Waals surface area contributed by atoms with Crippen molar-refractivity contribution in [1.82, 2.24) is 4.90 Å². The molecule has 108 valence electrons. The van der Waals surface area contributed by atoms with E-state index in [1.165, 1.54) is 4.90 Å². The zero-order chi connectivity index (χ0) is 14.4. The molecule has 0 aromatic heterocycles. The molecule has 0 bridgehead atoms. The smallest absolute Gasteiger partial charge is 0.326 e. The number of hydrogen-bond acceptors (Lipinski definition) is 4. The highest BCUT2D eigenvalue weighted by Crippen LogP contribution is 2.49. The number of aliphatic hydroxyl groups excluding tert-OH is 1. The number of fused-ring (bicyclic) bond motifs is 1. The molecule has 0 aromatic carbocycles. The van der Waals surface area contributed by atoms with E-state index in [1.807, 2.05) is 20.8 Å². The molecule has 1 aliphatic heterocycles. The van der Waals surface area contributed by atoms with Crippen LogP contribution in [0.3, 0.4) is 0 Å². The Bertz CT molecular complexity index is 389. The summed E-state index contributed by atoms with van der Waals surface area (Å²) in [4.78, 5) is 24.6. The lowest BCUT2D eigenvalue weighted by molar-refractivity contribution is -0.156. The van der Waals surface area contributed by atoms with Gasteiger partial charge in [0.25, 0.3) is 5.91 Å². The largest absolute Gasteiger partial charge is 0.480 e. The number of nitrogens with zero attached hydrogens (tertiary/aromatic N) is 1. The van der Waals surface area contributed by atoms with Gasteiger partial charge in [0.15, 0.2) is 6.10 Å². The second-order valence-electron chi connectivity index (χ2n) is 6.37. The van der Waals surface area contributed by atoms with E-state index in [0.29, 0.717) is 12.5 Å². The minimum Gasteiger partial charge on any atom is -0.480 e. The first-order valence-corrected chi connectivity index (χ1v) is 6.56. The molecule has 19 heavy (non-hydrogen) atoms. The molecule has 1 aliphatic carbocycles. The number of carboxylic acid groups (broad SMARTS) is 1. The second kappa shape index (κ2) is 4.76. The van der Waals surface area contributed by atoms with Crippen LogP contribution in [-0.4, -0.2) is 57.9 Å². The molecule has 6 nitrogen and oxygen atoms in total. The molecule has 0 spiro atoms. The molecule has 0 unspecified atom stereocenters. The van der Waals surface area contributed by atoms with Gasteiger partial charge in [-0.2, -0.15) is 0 Å². The Kier molecular flexibility index (Phi) is 3.57. The Morgan fingerprint density at radius 3 is 2.58 bits per heavy atom. The fraction of sp³-hybridized carbons (Fsp3) is 0.846. The number of hydrogen-bond donors (Lipinski definition) is 2. The molecule has 0 radical (unpaired) electrons. The molecule has 2 N–H and O–H groups in total. The summed E-state index contributed by atoms with van der Waals surface area (Å²) in [7, 11) is 0. The standard InChI is InChI=1S/C13H21NO5/c1-13(2,3)19-6-9(15)11(16)14-5-7-4-8(7)10(14)12(17)18/h7-10,15H,4-6H2,1-3H3,(H,17,18)/t7-,8-,9+,10-/m0/s1. The molecular formula is C13H21NO5. The van der Waals surface area contributed by atoms with Gasteiger partial charge in [0.2, 0.25) is 0 Å². The first kappa shape index (κ1) is 14.3. The van der Waals surface area contributed by atoms with Crippen LogP contribution in [0.1, 0.15) is 27.2 Å². The van der Waals surface area contributed by atoms with E-state index in [1.54, 1.807) is 0 Å². The first-order chi connectivity index (χ1) is 8.70. The van der Waals surface area contributed by atoms with Crippen LogP contribution in [0.25, 0.3) is 0 Å². The highest BCUT2D eigenvalue weighted by Gasteiger charge is 2.57. The SMILES string of the molecule is CC(C)(C)OC[C@@H](O)C(=O)N1C[C@@H]2C[C@@H]2[C@H]1C(=O)O. The molecule has 1 heterocycles. The van der Waals surface area contributed by atoms with Crippen LogP contribution in [0.4, 0.5) is 0 Å². The summed E-state index contributed by atoms with van der Waals surface area (Å²) in [6.07, 6.45) is -0.423. The Morgan fingerprint density at radius 1 is 1.42 bits per heavy atom. The number of ether oxygens (including phenoxy) is 1. The van der Waals surface area contributed by atoms with Crippen molar-refractivity contribution >= 4 is 11.9 Å². The molecular weight excluding hydrogens is 250 g/mol. The van der Waals surface area contributed by atoms with E-state index in [-0.39, 0.29) is 12.5 Å². The van der Waals surface area contributed by atoms with Crippen molar-refractivity contribution in [2.24, 2.45) is 11.8 Å². The minimum atomic E-state index is -1.29. The maximum atomic E-state index is 12.1. The van der Waals surface area contributed by atoms with Crippen molar-refractivity contribution in [3.8, 4) is 0 Å². The molecule has 6 heteroatoms. The summed E-state index contributed by atoms with van der Waals surface area (Å²) in [5, 5.41) is 19.0. The molecule has 4 atom stereocenters. The van der Waals surface area contributed by atoms with Gasteiger partial charge in [-0.1, -0.05) is 0 Å². The molecule has 1 saturated heterocycles. The average molecular weight is 271 g/mol. The van der Waals surface area contributed by atoms with Gasteiger partial charge in [0.1, 0.15) is 6.04 Å². The van der Waals surface area contributed by atoms with Gasteiger partial charge in [0.05, 0.1) is 12.2 Å². The summed E-state index contributed by atoms with van der Waals surface area (Å²) < 4.78 is 5.36. The van der Waals surface area contributed by atoms with Crippen molar-refractivity contribution < 1.29 is 24.5 Å². The Morgan fingerprint density at radius 2 is 2.05 bits per heavy atom. The van der Waals surface area contributed by atoms with Crippen LogP contribution in [0.2, 0.25) is 0 Å². The fourth-order valence-electron chi connectivity index (χ4n) is 2.60. The summed E-state index contributed by atoms with van der Waals surface area (Å²) in [5.41, 5.74) is -0.444. The summed E-state index contributed by atoms with van der Waals surface area (Å²) in [6, 6.07) is -0.776. The van der Waals surface area contributed by atoms with Gasteiger partial charge in [0, 0.05) is 6.54 Å². The third kappa shape index (κ3) is 3.06. The predicted molar refractivity (Wildman–Crippen MR) is 66.4 cm³/mol. The highest BCUT2D eigenvalue weighted by atomic mass is 16.5. The van der Waals surface area contributed by atoms with Gasteiger partial charge in [-0.15, -0.1) is 0 Å². The van der Waals surface area contributed by atoms with Crippen molar-refractivity contribution in [3.63, 3.8) is 0 Å². The minimum absolute atomic E-state index is 0.0668.